The molecular formula is C21H22N6O5S. The predicted octanol–water partition coefficient (Wildman–Crippen LogP) is 2.95. The van der Waals surface area contributed by atoms with E-state index in [-0.39, 0.29) is 29.7 Å². The van der Waals surface area contributed by atoms with Crippen LogP contribution in [0.5, 0.6) is 5.75 Å². The fourth-order valence-electron chi connectivity index (χ4n) is 2.86. The molecule has 172 valence electrons. The van der Waals surface area contributed by atoms with Crippen LogP contribution in [0.1, 0.15) is 11.4 Å². The van der Waals surface area contributed by atoms with Gasteiger partial charge in [0.05, 0.1) is 24.2 Å². The van der Waals surface area contributed by atoms with Crippen molar-refractivity contribution >= 4 is 40.6 Å². The second kappa shape index (κ2) is 10.6. The lowest BCUT2D eigenvalue weighted by molar-refractivity contribution is -0.385. The highest BCUT2D eigenvalue weighted by atomic mass is 32.2. The monoisotopic (exact) mass is 470 g/mol. The largest absolute Gasteiger partial charge is 0.497 e. The molecule has 0 aliphatic heterocycles. The van der Waals surface area contributed by atoms with Crippen LogP contribution in [-0.2, 0) is 23.1 Å². The summed E-state index contributed by atoms with van der Waals surface area (Å²) in [6.45, 7) is 1.63. The number of nitrogens with one attached hydrogen (secondary N) is 2. The van der Waals surface area contributed by atoms with Crippen LogP contribution < -0.4 is 15.4 Å². The van der Waals surface area contributed by atoms with Crippen molar-refractivity contribution in [3.63, 3.8) is 0 Å². The first-order valence-corrected chi connectivity index (χ1v) is 10.7. The summed E-state index contributed by atoms with van der Waals surface area (Å²) in [5, 5.41) is 25.0. The molecule has 0 unspecified atom stereocenters. The molecule has 3 rings (SSSR count). The standard InChI is InChI=1S/C21H22N6O5S/c1-13-4-5-15(10-17(13)27(30)31)23-20(29)12-33-21-25-24-18(26(21)2)11-19(28)22-14-6-8-16(32-3)9-7-14/h4-10H,11-12H2,1-3H3,(H,22,28)(H,23,29). The number of nitro groups is 1. The molecule has 0 saturated carbocycles. The van der Waals surface area contributed by atoms with Crippen LogP contribution in [0.2, 0.25) is 0 Å². The summed E-state index contributed by atoms with van der Waals surface area (Å²) < 4.78 is 6.73. The maximum atomic E-state index is 12.3. The number of rotatable bonds is 9. The number of aromatic nitrogens is 3. The third-order valence-corrected chi connectivity index (χ3v) is 5.66. The minimum absolute atomic E-state index is 0.00925. The van der Waals surface area contributed by atoms with Crippen LogP contribution in [0, 0.1) is 17.0 Å². The number of benzene rings is 2. The van der Waals surface area contributed by atoms with E-state index < -0.39 is 4.92 Å². The molecule has 0 radical (unpaired) electrons. The fraction of sp³-hybridized carbons (Fsp3) is 0.238. The molecule has 3 aromatic rings. The number of carbonyl (C=O) groups is 2. The van der Waals surface area contributed by atoms with Crippen LogP contribution in [0.3, 0.4) is 0 Å². The van der Waals surface area contributed by atoms with E-state index in [0.717, 1.165) is 11.8 Å². The average Bonchev–Trinajstić information content (AvgIpc) is 3.13. The van der Waals surface area contributed by atoms with Crippen molar-refractivity contribution in [3.05, 3.63) is 64.0 Å². The Labute approximate surface area is 193 Å². The number of anilines is 2. The van der Waals surface area contributed by atoms with Gasteiger partial charge in [0.1, 0.15) is 11.6 Å². The minimum atomic E-state index is -0.494. The quantitative estimate of drug-likeness (QED) is 0.276. The van der Waals surface area contributed by atoms with E-state index >= 15 is 0 Å². The van der Waals surface area contributed by atoms with Crippen LogP contribution in [-0.4, -0.2) is 44.4 Å². The molecule has 11 nitrogen and oxygen atoms in total. The summed E-state index contributed by atoms with van der Waals surface area (Å²) in [4.78, 5) is 35.1. The molecule has 0 bridgehead atoms. The summed E-state index contributed by atoms with van der Waals surface area (Å²) in [6, 6.07) is 11.4. The number of carbonyl (C=O) groups excluding carboxylic acids is 2. The molecule has 0 saturated heterocycles. The molecule has 33 heavy (non-hydrogen) atoms. The van der Waals surface area contributed by atoms with Crippen molar-refractivity contribution in [2.45, 2.75) is 18.5 Å². The summed E-state index contributed by atoms with van der Waals surface area (Å²) in [5.74, 6) is 0.544. The van der Waals surface area contributed by atoms with Gasteiger partial charge in [-0.05, 0) is 37.3 Å². The normalized spacial score (nSPS) is 10.5. The second-order valence-corrected chi connectivity index (χ2v) is 7.95. The Kier molecular flexibility index (Phi) is 7.61. The number of aryl methyl sites for hydroxylation is 1. The molecule has 0 atom stereocenters. The smallest absolute Gasteiger partial charge is 0.274 e. The van der Waals surface area contributed by atoms with Gasteiger partial charge in [0.15, 0.2) is 5.16 Å². The van der Waals surface area contributed by atoms with Gasteiger partial charge < -0.3 is 19.9 Å². The molecule has 0 spiro atoms. The molecule has 2 N–H and O–H groups in total. The van der Waals surface area contributed by atoms with Crippen molar-refractivity contribution < 1.29 is 19.2 Å². The summed E-state index contributed by atoms with van der Waals surface area (Å²) in [6.07, 6.45) is 0.00925. The lowest BCUT2D eigenvalue weighted by Crippen LogP contribution is -2.17. The minimum Gasteiger partial charge on any atom is -0.497 e. The molecule has 0 fully saturated rings. The van der Waals surface area contributed by atoms with Gasteiger partial charge in [0.2, 0.25) is 11.8 Å². The van der Waals surface area contributed by atoms with Gasteiger partial charge >= 0.3 is 0 Å². The zero-order valence-electron chi connectivity index (χ0n) is 18.2. The highest BCUT2D eigenvalue weighted by Gasteiger charge is 2.16. The van der Waals surface area contributed by atoms with E-state index in [1.54, 1.807) is 62.0 Å². The van der Waals surface area contributed by atoms with Crippen molar-refractivity contribution in [1.82, 2.24) is 14.8 Å². The maximum absolute atomic E-state index is 12.3. The summed E-state index contributed by atoms with van der Waals surface area (Å²) in [5.41, 5.74) is 1.42. The molecule has 0 aliphatic carbocycles. The lowest BCUT2D eigenvalue weighted by atomic mass is 10.2. The topological polar surface area (TPSA) is 141 Å². The van der Waals surface area contributed by atoms with E-state index in [0.29, 0.717) is 33.7 Å². The van der Waals surface area contributed by atoms with Crippen LogP contribution >= 0.6 is 11.8 Å². The van der Waals surface area contributed by atoms with Gasteiger partial charge in [-0.3, -0.25) is 19.7 Å². The molecule has 1 aromatic heterocycles. The van der Waals surface area contributed by atoms with E-state index in [9.17, 15) is 19.7 Å². The number of methoxy groups -OCH3 is 1. The third kappa shape index (κ3) is 6.29. The predicted molar refractivity (Wildman–Crippen MR) is 124 cm³/mol. The van der Waals surface area contributed by atoms with E-state index in [1.807, 2.05) is 0 Å². The number of nitrogens with zero attached hydrogens (tertiary/aromatic N) is 4. The van der Waals surface area contributed by atoms with Crippen molar-refractivity contribution in [2.24, 2.45) is 7.05 Å². The lowest BCUT2D eigenvalue weighted by Gasteiger charge is -2.07. The average molecular weight is 471 g/mol. The van der Waals surface area contributed by atoms with Gasteiger partial charge in [-0.25, -0.2) is 0 Å². The zero-order chi connectivity index (χ0) is 24.0. The first-order valence-electron chi connectivity index (χ1n) is 9.76. The highest BCUT2D eigenvalue weighted by Crippen LogP contribution is 2.23. The maximum Gasteiger partial charge on any atom is 0.274 e. The van der Waals surface area contributed by atoms with Crippen LogP contribution in [0.25, 0.3) is 0 Å². The second-order valence-electron chi connectivity index (χ2n) is 7.01. The Morgan fingerprint density at radius 2 is 1.76 bits per heavy atom. The molecule has 0 aliphatic rings. The molecule has 2 aromatic carbocycles. The van der Waals surface area contributed by atoms with E-state index in [2.05, 4.69) is 20.8 Å². The Morgan fingerprint density at radius 3 is 2.42 bits per heavy atom. The van der Waals surface area contributed by atoms with Gasteiger partial charge in [0, 0.05) is 30.1 Å². The Balaban J connectivity index is 1.54. The van der Waals surface area contributed by atoms with Crippen LogP contribution in [0.4, 0.5) is 17.1 Å². The number of nitro benzene ring substituents is 1. The van der Waals surface area contributed by atoms with Gasteiger partial charge in [0.25, 0.3) is 5.69 Å². The Hall–Kier alpha value is -3.93. The highest BCUT2D eigenvalue weighted by molar-refractivity contribution is 7.99. The van der Waals surface area contributed by atoms with Gasteiger partial charge in [-0.15, -0.1) is 10.2 Å². The number of hydrogen-bond acceptors (Lipinski definition) is 8. The number of ether oxygens (including phenoxy) is 1. The number of hydrogen-bond donors (Lipinski definition) is 2. The van der Waals surface area contributed by atoms with Crippen molar-refractivity contribution in [3.8, 4) is 5.75 Å². The third-order valence-electron chi connectivity index (χ3n) is 4.64. The fourth-order valence-corrected chi connectivity index (χ4v) is 3.59. The molecule has 12 heteroatoms. The van der Waals surface area contributed by atoms with Crippen LogP contribution in [0.15, 0.2) is 47.6 Å². The van der Waals surface area contributed by atoms with Gasteiger partial charge in [-0.2, -0.15) is 0 Å². The summed E-state index contributed by atoms with van der Waals surface area (Å²) >= 11 is 1.14. The van der Waals surface area contributed by atoms with Crippen molar-refractivity contribution in [2.75, 3.05) is 23.5 Å². The molecule has 1 heterocycles. The SMILES string of the molecule is COc1ccc(NC(=O)Cc2nnc(SCC(=O)Nc3ccc(C)c([N+](=O)[O-])c3)n2C)cc1. The molecular weight excluding hydrogens is 448 g/mol. The Bertz CT molecular complexity index is 1180. The molecule has 2 amide bonds. The number of thioether (sulfide) groups is 1. The zero-order valence-corrected chi connectivity index (χ0v) is 19.0. The Morgan fingerprint density at radius 1 is 1.09 bits per heavy atom. The van der Waals surface area contributed by atoms with Crippen molar-refractivity contribution in [1.29, 1.82) is 0 Å². The van der Waals surface area contributed by atoms with E-state index in [1.165, 1.54) is 6.07 Å². The number of amides is 2. The first kappa shape index (κ1) is 23.7. The van der Waals surface area contributed by atoms with Gasteiger partial charge in [-0.1, -0.05) is 17.8 Å². The summed E-state index contributed by atoms with van der Waals surface area (Å²) in [7, 11) is 3.27. The van der Waals surface area contributed by atoms with E-state index in [4.69, 9.17) is 4.74 Å². The first-order chi connectivity index (χ1) is 15.8.